The van der Waals surface area contributed by atoms with Crippen molar-refractivity contribution in [1.82, 2.24) is 4.98 Å². The van der Waals surface area contributed by atoms with Crippen molar-refractivity contribution in [1.29, 1.82) is 0 Å². The van der Waals surface area contributed by atoms with Gasteiger partial charge in [-0.2, -0.15) is 0 Å². The van der Waals surface area contributed by atoms with Crippen LogP contribution in [-0.2, 0) is 4.79 Å². The number of hydrogen-bond acceptors (Lipinski definition) is 2. The van der Waals surface area contributed by atoms with Gasteiger partial charge in [0.15, 0.2) is 5.78 Å². The van der Waals surface area contributed by atoms with E-state index < -0.39 is 0 Å². The van der Waals surface area contributed by atoms with Gasteiger partial charge in [0.1, 0.15) is 0 Å². The van der Waals surface area contributed by atoms with Crippen LogP contribution >= 0.6 is 0 Å². The molecule has 0 radical (unpaired) electrons. The van der Waals surface area contributed by atoms with E-state index in [-0.39, 0.29) is 5.78 Å². The third-order valence-corrected chi connectivity index (χ3v) is 2.44. The van der Waals surface area contributed by atoms with E-state index in [4.69, 9.17) is 0 Å². The zero-order chi connectivity index (χ0) is 12.1. The summed E-state index contributed by atoms with van der Waals surface area (Å²) in [5, 5.41) is 0. The van der Waals surface area contributed by atoms with Gasteiger partial charge < -0.3 is 0 Å². The van der Waals surface area contributed by atoms with Crippen LogP contribution in [0.5, 0.6) is 0 Å². The fourth-order valence-electron chi connectivity index (χ4n) is 1.62. The summed E-state index contributed by atoms with van der Waals surface area (Å²) in [5.41, 5.74) is 2.40. The van der Waals surface area contributed by atoms with Crippen LogP contribution in [0.15, 0.2) is 54.7 Å². The third-order valence-electron chi connectivity index (χ3n) is 2.44. The quantitative estimate of drug-likeness (QED) is 0.748. The molecule has 0 unspecified atom stereocenters. The van der Waals surface area contributed by atoms with E-state index in [0.29, 0.717) is 5.57 Å². The van der Waals surface area contributed by atoms with Crippen molar-refractivity contribution in [3.63, 3.8) is 0 Å². The highest BCUT2D eigenvalue weighted by Gasteiger charge is 2.06. The molecule has 2 rings (SSSR count). The van der Waals surface area contributed by atoms with Gasteiger partial charge in [0, 0.05) is 11.8 Å². The number of hydrogen-bond donors (Lipinski definition) is 0. The number of rotatable bonds is 3. The van der Waals surface area contributed by atoms with Gasteiger partial charge in [-0.3, -0.25) is 9.78 Å². The maximum absolute atomic E-state index is 11.7. The number of allylic oxidation sites excluding steroid dienone is 1. The molecule has 2 heteroatoms. The largest absolute Gasteiger partial charge is 0.294 e. The Balaban J connectivity index is 2.44. The second-order valence-electron chi connectivity index (χ2n) is 3.73. The molecule has 2 nitrogen and oxygen atoms in total. The summed E-state index contributed by atoms with van der Waals surface area (Å²) in [6, 6.07) is 15.3. The number of ketones is 1. The Morgan fingerprint density at radius 1 is 1.06 bits per heavy atom. The van der Waals surface area contributed by atoms with Gasteiger partial charge >= 0.3 is 0 Å². The van der Waals surface area contributed by atoms with Crippen LogP contribution in [0.25, 0.3) is 11.6 Å². The van der Waals surface area contributed by atoms with E-state index >= 15 is 0 Å². The number of Topliss-reactive ketones (excluding diaryl/α,β-unsaturated/α-hetero) is 1. The molecule has 17 heavy (non-hydrogen) atoms. The number of benzene rings is 1. The van der Waals surface area contributed by atoms with Crippen molar-refractivity contribution in [2.45, 2.75) is 6.92 Å². The van der Waals surface area contributed by atoms with Crippen molar-refractivity contribution in [2.75, 3.05) is 0 Å². The summed E-state index contributed by atoms with van der Waals surface area (Å²) in [4.78, 5) is 15.9. The van der Waals surface area contributed by atoms with Crippen LogP contribution in [0.1, 0.15) is 18.2 Å². The first-order valence-corrected chi connectivity index (χ1v) is 5.46. The predicted molar refractivity (Wildman–Crippen MR) is 69.2 cm³/mol. The standard InChI is InChI=1S/C15H13NO/c1-12(17)15(13-7-3-2-4-8-13)11-14-9-5-6-10-16-14/h2-11H,1H3. The Kier molecular flexibility index (Phi) is 3.46. The lowest BCUT2D eigenvalue weighted by Crippen LogP contribution is -1.96. The van der Waals surface area contributed by atoms with Crippen molar-refractivity contribution in [3.8, 4) is 0 Å². The van der Waals surface area contributed by atoms with Gasteiger partial charge in [-0.1, -0.05) is 36.4 Å². The first-order valence-electron chi connectivity index (χ1n) is 5.46. The molecule has 1 aromatic carbocycles. The normalized spacial score (nSPS) is 11.2. The second kappa shape index (κ2) is 5.21. The van der Waals surface area contributed by atoms with Crippen LogP contribution in [0.2, 0.25) is 0 Å². The number of aromatic nitrogens is 1. The molecular formula is C15H13NO. The number of pyridine rings is 1. The fourth-order valence-corrected chi connectivity index (χ4v) is 1.62. The van der Waals surface area contributed by atoms with Crippen LogP contribution in [0.4, 0.5) is 0 Å². The zero-order valence-electron chi connectivity index (χ0n) is 9.63. The van der Waals surface area contributed by atoms with Crippen molar-refractivity contribution < 1.29 is 4.79 Å². The van der Waals surface area contributed by atoms with Gasteiger partial charge in [0.25, 0.3) is 0 Å². The van der Waals surface area contributed by atoms with Crippen LogP contribution in [0.3, 0.4) is 0 Å². The SMILES string of the molecule is CC(=O)C(=Cc1ccccn1)c1ccccc1. The van der Waals surface area contributed by atoms with Gasteiger partial charge in [0.05, 0.1) is 5.69 Å². The summed E-state index contributed by atoms with van der Waals surface area (Å²) in [7, 11) is 0. The van der Waals surface area contributed by atoms with Gasteiger partial charge in [-0.05, 0) is 30.7 Å². The number of carbonyl (C=O) groups is 1. The molecule has 0 spiro atoms. The van der Waals surface area contributed by atoms with E-state index in [1.54, 1.807) is 13.1 Å². The topological polar surface area (TPSA) is 30.0 Å². The zero-order valence-corrected chi connectivity index (χ0v) is 9.63. The highest BCUT2D eigenvalue weighted by Crippen LogP contribution is 2.17. The highest BCUT2D eigenvalue weighted by molar-refractivity contribution is 6.24. The first-order chi connectivity index (χ1) is 8.27. The molecule has 84 valence electrons. The minimum absolute atomic E-state index is 0.0434. The summed E-state index contributed by atoms with van der Waals surface area (Å²) < 4.78 is 0. The van der Waals surface area contributed by atoms with Crippen LogP contribution in [0, 0.1) is 0 Å². The molecule has 0 saturated carbocycles. The van der Waals surface area contributed by atoms with Crippen LogP contribution in [-0.4, -0.2) is 10.8 Å². The van der Waals surface area contributed by atoms with E-state index in [1.807, 2.05) is 54.6 Å². The summed E-state index contributed by atoms with van der Waals surface area (Å²) in [6.07, 6.45) is 3.53. The summed E-state index contributed by atoms with van der Waals surface area (Å²) in [6.45, 7) is 1.57. The van der Waals surface area contributed by atoms with E-state index in [2.05, 4.69) is 4.98 Å². The maximum Gasteiger partial charge on any atom is 0.160 e. The van der Waals surface area contributed by atoms with Crippen molar-refractivity contribution >= 4 is 17.4 Å². The Morgan fingerprint density at radius 2 is 1.76 bits per heavy atom. The molecule has 0 fully saturated rings. The lowest BCUT2D eigenvalue weighted by atomic mass is 10.0. The third kappa shape index (κ3) is 2.88. The van der Waals surface area contributed by atoms with Gasteiger partial charge in [-0.25, -0.2) is 0 Å². The molecule has 0 aliphatic heterocycles. The second-order valence-corrected chi connectivity index (χ2v) is 3.73. The molecule has 0 saturated heterocycles. The van der Waals surface area contributed by atoms with Gasteiger partial charge in [0.2, 0.25) is 0 Å². The molecule has 0 aliphatic carbocycles. The van der Waals surface area contributed by atoms with E-state index in [9.17, 15) is 4.79 Å². The maximum atomic E-state index is 11.7. The fraction of sp³-hybridized carbons (Fsp3) is 0.0667. The highest BCUT2D eigenvalue weighted by atomic mass is 16.1. The minimum atomic E-state index is 0.0434. The Bertz CT molecular complexity index is 529. The van der Waals surface area contributed by atoms with E-state index in [1.165, 1.54) is 0 Å². The molecule has 2 aromatic rings. The average Bonchev–Trinajstić information content (AvgIpc) is 2.38. The molecule has 0 atom stereocenters. The lowest BCUT2D eigenvalue weighted by molar-refractivity contribution is -0.111. The predicted octanol–water partition coefficient (Wildman–Crippen LogP) is 3.21. The van der Waals surface area contributed by atoms with E-state index in [0.717, 1.165) is 11.3 Å². The molecule has 0 amide bonds. The van der Waals surface area contributed by atoms with Crippen molar-refractivity contribution in [2.24, 2.45) is 0 Å². The monoisotopic (exact) mass is 223 g/mol. The smallest absolute Gasteiger partial charge is 0.160 e. The average molecular weight is 223 g/mol. The Labute approximate surface area is 101 Å². The van der Waals surface area contributed by atoms with Gasteiger partial charge in [-0.15, -0.1) is 0 Å². The number of carbonyl (C=O) groups excluding carboxylic acids is 1. The molecule has 1 aromatic heterocycles. The minimum Gasteiger partial charge on any atom is -0.294 e. The molecular weight excluding hydrogens is 210 g/mol. The first kappa shape index (κ1) is 11.3. The molecule has 0 N–H and O–H groups in total. The Hall–Kier alpha value is -2.22. The summed E-state index contributed by atoms with van der Waals surface area (Å²) >= 11 is 0. The number of nitrogens with zero attached hydrogens (tertiary/aromatic N) is 1. The summed E-state index contributed by atoms with van der Waals surface area (Å²) in [5.74, 6) is 0.0434. The molecule has 0 aliphatic rings. The molecule has 1 heterocycles. The lowest BCUT2D eigenvalue weighted by Gasteiger charge is -2.03. The molecule has 0 bridgehead atoms. The van der Waals surface area contributed by atoms with Crippen molar-refractivity contribution in [3.05, 3.63) is 66.0 Å². The Morgan fingerprint density at radius 3 is 2.35 bits per heavy atom. The van der Waals surface area contributed by atoms with Crippen LogP contribution < -0.4 is 0 Å².